The molecule has 0 saturated carbocycles. The molecule has 1 aliphatic heterocycles. The molecule has 1 saturated heterocycles. The van der Waals surface area contributed by atoms with Crippen molar-refractivity contribution in [3.8, 4) is 0 Å². The number of thiophene rings is 1. The van der Waals surface area contributed by atoms with Gasteiger partial charge in [0.15, 0.2) is 0 Å². The maximum absolute atomic E-state index is 13.2. The SMILES string of the molecule is CCN(CC)CCCNC(=O)c1sc2ncn(CC(=O)N3C[C@H](C)C[C@H](C)C3)c(=O)c2c1C. The van der Waals surface area contributed by atoms with Gasteiger partial charge in [0.25, 0.3) is 11.5 Å². The van der Waals surface area contributed by atoms with Crippen LogP contribution in [0.3, 0.4) is 0 Å². The predicted molar refractivity (Wildman–Crippen MR) is 133 cm³/mol. The summed E-state index contributed by atoms with van der Waals surface area (Å²) in [6, 6.07) is 0. The van der Waals surface area contributed by atoms with Crippen molar-refractivity contribution in [3.05, 3.63) is 27.1 Å². The molecule has 0 aliphatic carbocycles. The fraction of sp³-hybridized carbons (Fsp3) is 0.667. The summed E-state index contributed by atoms with van der Waals surface area (Å²) in [6.45, 7) is 15.3. The average Bonchev–Trinajstić information content (AvgIpc) is 3.12. The van der Waals surface area contributed by atoms with Gasteiger partial charge < -0.3 is 15.1 Å². The number of nitrogens with one attached hydrogen (secondary N) is 1. The van der Waals surface area contributed by atoms with Crippen molar-refractivity contribution < 1.29 is 9.59 Å². The van der Waals surface area contributed by atoms with Crippen LogP contribution in [0, 0.1) is 18.8 Å². The molecule has 33 heavy (non-hydrogen) atoms. The van der Waals surface area contributed by atoms with Crippen molar-refractivity contribution in [3.63, 3.8) is 0 Å². The topological polar surface area (TPSA) is 87.5 Å². The van der Waals surface area contributed by atoms with E-state index in [9.17, 15) is 14.4 Å². The highest BCUT2D eigenvalue weighted by Crippen LogP contribution is 2.27. The molecule has 0 radical (unpaired) electrons. The number of amides is 2. The minimum atomic E-state index is -0.263. The van der Waals surface area contributed by atoms with Gasteiger partial charge >= 0.3 is 0 Å². The van der Waals surface area contributed by atoms with Gasteiger partial charge in [-0.2, -0.15) is 0 Å². The number of hydrogen-bond donors (Lipinski definition) is 1. The number of aromatic nitrogens is 2. The van der Waals surface area contributed by atoms with Crippen LogP contribution in [0.25, 0.3) is 10.2 Å². The van der Waals surface area contributed by atoms with E-state index >= 15 is 0 Å². The maximum atomic E-state index is 13.2. The van der Waals surface area contributed by atoms with Crippen LogP contribution < -0.4 is 10.9 Å². The molecule has 2 aromatic rings. The largest absolute Gasteiger partial charge is 0.351 e. The van der Waals surface area contributed by atoms with E-state index in [0.29, 0.717) is 39.0 Å². The van der Waals surface area contributed by atoms with E-state index < -0.39 is 0 Å². The Hall–Kier alpha value is -2.26. The Bertz CT molecular complexity index is 1030. The number of piperidine rings is 1. The maximum Gasteiger partial charge on any atom is 0.262 e. The summed E-state index contributed by atoms with van der Waals surface area (Å²) in [5, 5.41) is 3.40. The van der Waals surface area contributed by atoms with E-state index in [2.05, 4.69) is 42.9 Å². The van der Waals surface area contributed by atoms with Gasteiger partial charge in [0.05, 0.1) is 16.6 Å². The summed E-state index contributed by atoms with van der Waals surface area (Å²) in [5.41, 5.74) is 0.372. The summed E-state index contributed by atoms with van der Waals surface area (Å²) < 4.78 is 1.38. The molecule has 8 nitrogen and oxygen atoms in total. The van der Waals surface area contributed by atoms with Crippen molar-refractivity contribution in [2.75, 3.05) is 39.3 Å². The first-order chi connectivity index (χ1) is 15.7. The lowest BCUT2D eigenvalue weighted by Crippen LogP contribution is -2.44. The van der Waals surface area contributed by atoms with Crippen LogP contribution in [-0.2, 0) is 11.3 Å². The molecule has 9 heteroatoms. The lowest BCUT2D eigenvalue weighted by Gasteiger charge is -2.35. The molecule has 3 rings (SSSR count). The van der Waals surface area contributed by atoms with Crippen LogP contribution in [-0.4, -0.2) is 70.4 Å². The van der Waals surface area contributed by atoms with Crippen LogP contribution in [0.15, 0.2) is 11.1 Å². The third-order valence-corrected chi connectivity index (χ3v) is 7.68. The fourth-order valence-corrected chi connectivity index (χ4v) is 5.78. The third-order valence-electron chi connectivity index (χ3n) is 6.48. The van der Waals surface area contributed by atoms with Crippen molar-refractivity contribution in [1.82, 2.24) is 24.7 Å². The number of nitrogens with zero attached hydrogens (tertiary/aromatic N) is 4. The normalized spacial score (nSPS) is 18.8. The van der Waals surface area contributed by atoms with Gasteiger partial charge in [-0.1, -0.05) is 27.7 Å². The molecule has 182 valence electrons. The molecule has 2 atom stereocenters. The molecule has 1 fully saturated rings. The Morgan fingerprint density at radius 1 is 1.21 bits per heavy atom. The second kappa shape index (κ2) is 11.2. The van der Waals surface area contributed by atoms with Crippen molar-refractivity contribution in [2.45, 2.75) is 54.0 Å². The lowest BCUT2D eigenvalue weighted by molar-refractivity contribution is -0.134. The van der Waals surface area contributed by atoms with Gasteiger partial charge in [0, 0.05) is 19.6 Å². The molecule has 0 bridgehead atoms. The van der Waals surface area contributed by atoms with E-state index in [1.165, 1.54) is 22.2 Å². The van der Waals surface area contributed by atoms with Gasteiger partial charge in [-0.15, -0.1) is 11.3 Å². The van der Waals surface area contributed by atoms with E-state index in [4.69, 9.17) is 0 Å². The standard InChI is InChI=1S/C24H37N5O3S/c1-6-27(7-2)10-8-9-25-22(31)21-18(5)20-23(33-21)26-15-29(24(20)32)14-19(30)28-12-16(3)11-17(4)13-28/h15-17H,6-14H2,1-5H3,(H,25,31)/t16-,17+. The zero-order chi connectivity index (χ0) is 24.1. The average molecular weight is 476 g/mol. The minimum Gasteiger partial charge on any atom is -0.351 e. The van der Waals surface area contributed by atoms with Crippen molar-refractivity contribution in [2.24, 2.45) is 11.8 Å². The van der Waals surface area contributed by atoms with Crippen LogP contribution in [0.2, 0.25) is 0 Å². The first-order valence-electron chi connectivity index (χ1n) is 12.0. The summed E-state index contributed by atoms with van der Waals surface area (Å²) in [5.74, 6) is 0.688. The molecule has 2 amide bonds. The van der Waals surface area contributed by atoms with Gasteiger partial charge in [0.2, 0.25) is 5.91 Å². The quantitative estimate of drug-likeness (QED) is 0.564. The highest BCUT2D eigenvalue weighted by Gasteiger charge is 2.26. The zero-order valence-corrected chi connectivity index (χ0v) is 21.3. The van der Waals surface area contributed by atoms with Gasteiger partial charge in [-0.05, 0) is 56.8 Å². The lowest BCUT2D eigenvalue weighted by atomic mass is 9.92. The molecule has 0 aromatic carbocycles. The molecule has 0 spiro atoms. The predicted octanol–water partition coefficient (Wildman–Crippen LogP) is 2.73. The van der Waals surface area contributed by atoms with E-state index in [0.717, 1.165) is 45.6 Å². The first-order valence-corrected chi connectivity index (χ1v) is 12.8. The second-order valence-electron chi connectivity index (χ2n) is 9.30. The summed E-state index contributed by atoms with van der Waals surface area (Å²) in [4.78, 5) is 48.4. The summed E-state index contributed by atoms with van der Waals surface area (Å²) in [6.07, 6.45) is 3.42. The van der Waals surface area contributed by atoms with E-state index in [-0.39, 0.29) is 23.9 Å². The smallest absolute Gasteiger partial charge is 0.262 e. The van der Waals surface area contributed by atoms with Crippen LogP contribution in [0.1, 0.15) is 55.8 Å². The summed E-state index contributed by atoms with van der Waals surface area (Å²) in [7, 11) is 0. The van der Waals surface area contributed by atoms with Crippen LogP contribution in [0.5, 0.6) is 0 Å². The first kappa shape index (κ1) is 25.4. The van der Waals surface area contributed by atoms with Gasteiger partial charge in [-0.3, -0.25) is 19.0 Å². The number of carbonyl (C=O) groups excluding carboxylic acids is 2. The van der Waals surface area contributed by atoms with Gasteiger partial charge in [0.1, 0.15) is 11.4 Å². The molecule has 1 aliphatic rings. The molecule has 3 heterocycles. The molecule has 0 unspecified atom stereocenters. The Balaban J connectivity index is 1.70. The van der Waals surface area contributed by atoms with E-state index in [1.807, 2.05) is 4.90 Å². The Kier molecular flexibility index (Phi) is 8.64. The van der Waals surface area contributed by atoms with Gasteiger partial charge in [-0.25, -0.2) is 4.98 Å². The summed E-state index contributed by atoms with van der Waals surface area (Å²) >= 11 is 1.23. The number of likely N-dealkylation sites (tertiary alicyclic amines) is 1. The van der Waals surface area contributed by atoms with E-state index in [1.54, 1.807) is 6.92 Å². The second-order valence-corrected chi connectivity index (χ2v) is 10.3. The Labute approximate surface area is 200 Å². The molecular formula is C24H37N5O3S. The van der Waals surface area contributed by atoms with Crippen molar-refractivity contribution in [1.29, 1.82) is 0 Å². The number of hydrogen-bond acceptors (Lipinski definition) is 6. The molecular weight excluding hydrogens is 438 g/mol. The zero-order valence-electron chi connectivity index (χ0n) is 20.5. The van der Waals surface area contributed by atoms with Crippen LogP contribution in [0.4, 0.5) is 0 Å². The monoisotopic (exact) mass is 475 g/mol. The molecule has 1 N–H and O–H groups in total. The Morgan fingerprint density at radius 3 is 2.52 bits per heavy atom. The fourth-order valence-electron chi connectivity index (χ4n) is 4.73. The molecule has 2 aromatic heterocycles. The number of fused-ring (bicyclic) bond motifs is 1. The third kappa shape index (κ3) is 6.00. The Morgan fingerprint density at radius 2 is 1.88 bits per heavy atom. The van der Waals surface area contributed by atoms with Crippen LogP contribution >= 0.6 is 11.3 Å². The highest BCUT2D eigenvalue weighted by molar-refractivity contribution is 7.20. The number of carbonyl (C=O) groups is 2. The minimum absolute atomic E-state index is 0.0244. The van der Waals surface area contributed by atoms with Crippen molar-refractivity contribution >= 4 is 33.4 Å². The number of rotatable bonds is 9. The highest BCUT2D eigenvalue weighted by atomic mass is 32.1. The number of aryl methyl sites for hydroxylation is 1.